The van der Waals surface area contributed by atoms with E-state index in [4.69, 9.17) is 4.43 Å². The Kier molecular flexibility index (Phi) is 7.64. The number of hydrogen-bond donors (Lipinski definition) is 1. The minimum absolute atomic E-state index is 0.319. The Labute approximate surface area is 138 Å². The molecule has 0 fully saturated rings. The number of rotatable bonds is 9. The van der Waals surface area contributed by atoms with E-state index >= 15 is 0 Å². The molecule has 0 radical (unpaired) electrons. The molecule has 0 amide bonds. The average Bonchev–Trinajstić information content (AvgIpc) is 2.44. The van der Waals surface area contributed by atoms with Gasteiger partial charge in [0.25, 0.3) is 0 Å². The maximum atomic E-state index is 6.23. The van der Waals surface area contributed by atoms with Crippen LogP contribution in [0.3, 0.4) is 0 Å². The van der Waals surface area contributed by atoms with Gasteiger partial charge in [-0.1, -0.05) is 52.3 Å². The number of hydrogen-bond acceptors (Lipinski definition) is 2. The second-order valence-electron chi connectivity index (χ2n) is 7.96. The smallest absolute Gasteiger partial charge is 0.191 e. The molecular weight excluding hydrogens is 286 g/mol. The minimum Gasteiger partial charge on any atom is -0.417 e. The van der Waals surface area contributed by atoms with Crippen LogP contribution in [0.2, 0.25) is 18.1 Å². The number of para-hydroxylation sites is 1. The van der Waals surface area contributed by atoms with E-state index in [9.17, 15) is 0 Å². The molecule has 126 valence electrons. The van der Waals surface area contributed by atoms with Crippen molar-refractivity contribution < 1.29 is 4.43 Å². The highest BCUT2D eigenvalue weighted by Gasteiger charge is 2.36. The van der Waals surface area contributed by atoms with Crippen molar-refractivity contribution in [2.75, 3.05) is 18.5 Å². The van der Waals surface area contributed by atoms with E-state index in [0.717, 1.165) is 13.2 Å². The zero-order chi connectivity index (χ0) is 16.6. The highest BCUT2D eigenvalue weighted by Crippen LogP contribution is 2.36. The van der Waals surface area contributed by atoms with Crippen molar-refractivity contribution in [3.8, 4) is 0 Å². The normalized spacial score (nSPS) is 13.9. The summed E-state index contributed by atoms with van der Waals surface area (Å²) < 4.78 is 6.23. The van der Waals surface area contributed by atoms with E-state index in [1.807, 2.05) is 0 Å². The van der Waals surface area contributed by atoms with Gasteiger partial charge in [-0.15, -0.1) is 0 Å². The van der Waals surface area contributed by atoms with Gasteiger partial charge < -0.3 is 9.74 Å². The summed E-state index contributed by atoms with van der Waals surface area (Å²) >= 11 is 0. The molecule has 0 aliphatic heterocycles. The average molecular weight is 322 g/mol. The number of benzene rings is 1. The van der Waals surface area contributed by atoms with Crippen LogP contribution in [-0.2, 0) is 4.43 Å². The molecule has 0 heterocycles. The Morgan fingerprint density at radius 2 is 1.73 bits per heavy atom. The molecule has 0 bridgehead atoms. The lowest BCUT2D eigenvalue weighted by Crippen LogP contribution is -2.40. The van der Waals surface area contributed by atoms with Crippen molar-refractivity contribution in [2.45, 2.75) is 65.1 Å². The lowest BCUT2D eigenvalue weighted by atomic mass is 10.0. The summed E-state index contributed by atoms with van der Waals surface area (Å²) in [7, 11) is -1.55. The van der Waals surface area contributed by atoms with Crippen molar-refractivity contribution in [3.05, 3.63) is 30.3 Å². The van der Waals surface area contributed by atoms with Gasteiger partial charge in [0.2, 0.25) is 0 Å². The molecule has 0 aromatic heterocycles. The molecule has 1 rings (SSSR count). The SMILES string of the molecule is CC(CCCCO[Si](C)(C)C(C)(C)C)CNc1ccccc1. The van der Waals surface area contributed by atoms with Crippen LogP contribution < -0.4 is 5.32 Å². The first-order valence-corrected chi connectivity index (χ1v) is 11.6. The molecule has 0 spiro atoms. The highest BCUT2D eigenvalue weighted by molar-refractivity contribution is 6.74. The van der Waals surface area contributed by atoms with Crippen LogP contribution in [0.1, 0.15) is 47.0 Å². The summed E-state index contributed by atoms with van der Waals surface area (Å²) in [6.45, 7) is 15.9. The monoisotopic (exact) mass is 321 g/mol. The molecule has 22 heavy (non-hydrogen) atoms. The van der Waals surface area contributed by atoms with E-state index in [1.54, 1.807) is 0 Å². The third kappa shape index (κ3) is 6.97. The molecule has 1 aromatic rings. The topological polar surface area (TPSA) is 21.3 Å². The van der Waals surface area contributed by atoms with Gasteiger partial charge in [-0.25, -0.2) is 0 Å². The summed E-state index contributed by atoms with van der Waals surface area (Å²) in [6, 6.07) is 10.5. The van der Waals surface area contributed by atoms with Crippen molar-refractivity contribution >= 4 is 14.0 Å². The lowest BCUT2D eigenvalue weighted by Gasteiger charge is -2.36. The quantitative estimate of drug-likeness (QED) is 0.450. The molecule has 2 nitrogen and oxygen atoms in total. The predicted molar refractivity (Wildman–Crippen MR) is 101 cm³/mol. The van der Waals surface area contributed by atoms with Gasteiger partial charge in [-0.05, 0) is 49.0 Å². The molecule has 1 atom stereocenters. The lowest BCUT2D eigenvalue weighted by molar-refractivity contribution is 0.275. The van der Waals surface area contributed by atoms with Crippen LogP contribution in [0.15, 0.2) is 30.3 Å². The fourth-order valence-corrected chi connectivity index (χ4v) is 3.18. The largest absolute Gasteiger partial charge is 0.417 e. The van der Waals surface area contributed by atoms with Crippen LogP contribution in [0.25, 0.3) is 0 Å². The van der Waals surface area contributed by atoms with E-state index in [0.29, 0.717) is 11.0 Å². The first-order chi connectivity index (χ1) is 10.2. The Morgan fingerprint density at radius 3 is 2.32 bits per heavy atom. The van der Waals surface area contributed by atoms with Crippen molar-refractivity contribution in [3.63, 3.8) is 0 Å². The second-order valence-corrected chi connectivity index (χ2v) is 12.8. The van der Waals surface area contributed by atoms with Gasteiger partial charge in [0, 0.05) is 18.8 Å². The van der Waals surface area contributed by atoms with Crippen LogP contribution in [0, 0.1) is 5.92 Å². The molecule has 0 saturated carbocycles. The van der Waals surface area contributed by atoms with Gasteiger partial charge in [0.1, 0.15) is 0 Å². The van der Waals surface area contributed by atoms with Crippen molar-refractivity contribution in [1.82, 2.24) is 0 Å². The summed E-state index contributed by atoms with van der Waals surface area (Å²) in [5.74, 6) is 0.702. The Balaban J connectivity index is 2.12. The predicted octanol–water partition coefficient (Wildman–Crippen LogP) is 5.93. The Hall–Kier alpha value is -0.803. The van der Waals surface area contributed by atoms with Crippen LogP contribution >= 0.6 is 0 Å². The van der Waals surface area contributed by atoms with E-state index in [2.05, 4.69) is 76.4 Å². The van der Waals surface area contributed by atoms with Gasteiger partial charge in [0.05, 0.1) is 0 Å². The molecule has 0 aliphatic rings. The fourth-order valence-electron chi connectivity index (χ4n) is 2.09. The number of anilines is 1. The number of unbranched alkanes of at least 4 members (excludes halogenated alkanes) is 1. The third-order valence-corrected chi connectivity index (χ3v) is 9.33. The maximum absolute atomic E-state index is 6.23. The summed E-state index contributed by atoms with van der Waals surface area (Å²) in [4.78, 5) is 0. The zero-order valence-electron chi connectivity index (χ0n) is 15.4. The molecular formula is C19H35NOSi. The Bertz CT molecular complexity index is 411. The van der Waals surface area contributed by atoms with Gasteiger partial charge in [-0.3, -0.25) is 0 Å². The van der Waals surface area contributed by atoms with Crippen molar-refractivity contribution in [1.29, 1.82) is 0 Å². The first-order valence-electron chi connectivity index (χ1n) is 8.65. The molecule has 3 heteroatoms. The standard InChI is InChI=1S/C19H35NOSi/c1-17(16-20-18-13-8-7-9-14-18)12-10-11-15-21-22(5,6)19(2,3)4/h7-9,13-14,17,20H,10-12,15-16H2,1-6H3. The summed E-state index contributed by atoms with van der Waals surface area (Å²) in [6.07, 6.45) is 3.70. The van der Waals surface area contributed by atoms with Crippen LogP contribution in [-0.4, -0.2) is 21.5 Å². The molecule has 0 saturated heterocycles. The highest BCUT2D eigenvalue weighted by atomic mass is 28.4. The minimum atomic E-state index is -1.55. The fraction of sp³-hybridized carbons (Fsp3) is 0.684. The van der Waals surface area contributed by atoms with Crippen LogP contribution in [0.5, 0.6) is 0 Å². The summed E-state index contributed by atoms with van der Waals surface area (Å²) in [5, 5.41) is 3.82. The van der Waals surface area contributed by atoms with Gasteiger partial charge >= 0.3 is 0 Å². The second kappa shape index (κ2) is 8.73. The Morgan fingerprint density at radius 1 is 1.09 bits per heavy atom. The number of nitrogens with one attached hydrogen (secondary N) is 1. The van der Waals surface area contributed by atoms with E-state index in [1.165, 1.54) is 24.9 Å². The van der Waals surface area contributed by atoms with Crippen molar-refractivity contribution in [2.24, 2.45) is 5.92 Å². The third-order valence-electron chi connectivity index (χ3n) is 4.79. The molecule has 0 aliphatic carbocycles. The summed E-state index contributed by atoms with van der Waals surface area (Å²) in [5.41, 5.74) is 1.22. The van der Waals surface area contributed by atoms with Gasteiger partial charge in [-0.2, -0.15) is 0 Å². The molecule has 1 N–H and O–H groups in total. The van der Waals surface area contributed by atoms with Gasteiger partial charge in [0.15, 0.2) is 8.32 Å². The van der Waals surface area contributed by atoms with E-state index < -0.39 is 8.32 Å². The zero-order valence-corrected chi connectivity index (χ0v) is 16.4. The molecule has 1 aromatic carbocycles. The van der Waals surface area contributed by atoms with Crippen LogP contribution in [0.4, 0.5) is 5.69 Å². The van der Waals surface area contributed by atoms with E-state index in [-0.39, 0.29) is 0 Å². The first kappa shape index (κ1) is 19.2. The molecule has 1 unspecified atom stereocenters. The maximum Gasteiger partial charge on any atom is 0.191 e.